The first-order valence-electron chi connectivity index (χ1n) is 8.68. The highest BCUT2D eigenvalue weighted by Crippen LogP contribution is 2.36. The van der Waals surface area contributed by atoms with Gasteiger partial charge in [0, 0.05) is 17.8 Å². The molecule has 2 heterocycles. The Hall–Kier alpha value is -2.10. The van der Waals surface area contributed by atoms with Crippen LogP contribution in [0.3, 0.4) is 0 Å². The van der Waals surface area contributed by atoms with Crippen LogP contribution in [0.1, 0.15) is 59.5 Å². The van der Waals surface area contributed by atoms with Crippen LogP contribution in [0.4, 0.5) is 5.69 Å². The molecule has 0 saturated heterocycles. The molecule has 0 spiro atoms. The molecule has 2 aliphatic rings. The minimum Gasteiger partial charge on any atom is -0.306 e. The third kappa shape index (κ3) is 2.19. The van der Waals surface area contributed by atoms with Crippen LogP contribution in [0.25, 0.3) is 0 Å². The van der Waals surface area contributed by atoms with E-state index in [9.17, 15) is 4.79 Å². The summed E-state index contributed by atoms with van der Waals surface area (Å²) in [6.07, 6.45) is 5.35. The first-order chi connectivity index (χ1) is 11.2. The number of carbonyl (C=O) groups excluding carboxylic acids is 1. The summed E-state index contributed by atoms with van der Waals surface area (Å²) in [5.41, 5.74) is 5.33. The van der Waals surface area contributed by atoms with Gasteiger partial charge in [-0.25, -0.2) is 0 Å². The molecule has 1 amide bonds. The van der Waals surface area contributed by atoms with E-state index in [2.05, 4.69) is 19.9 Å². The molecule has 0 radical (unpaired) electrons. The zero-order valence-electron chi connectivity index (χ0n) is 13.9. The van der Waals surface area contributed by atoms with Crippen LogP contribution in [0.2, 0.25) is 0 Å². The van der Waals surface area contributed by atoms with Gasteiger partial charge in [0.15, 0.2) is 0 Å². The molecule has 1 aromatic carbocycles. The van der Waals surface area contributed by atoms with Gasteiger partial charge < -0.3 is 4.90 Å². The topological polar surface area (TPSA) is 38.1 Å². The summed E-state index contributed by atoms with van der Waals surface area (Å²) in [5, 5.41) is 4.80. The van der Waals surface area contributed by atoms with Crippen LogP contribution in [0.5, 0.6) is 0 Å². The third-order valence-electron chi connectivity index (χ3n) is 5.29. The smallest absolute Gasteiger partial charge is 0.276 e. The Kier molecular flexibility index (Phi) is 3.47. The number of para-hydroxylation sites is 1. The number of hydrogen-bond acceptors (Lipinski definition) is 2. The lowest BCUT2D eigenvalue weighted by Gasteiger charge is -2.32. The quantitative estimate of drug-likeness (QED) is 0.867. The monoisotopic (exact) mass is 309 g/mol. The van der Waals surface area contributed by atoms with Crippen molar-refractivity contribution in [1.29, 1.82) is 0 Å². The second-order valence-corrected chi connectivity index (χ2v) is 6.65. The summed E-state index contributed by atoms with van der Waals surface area (Å²) in [5.74, 6) is 0.125. The van der Waals surface area contributed by atoms with Crippen molar-refractivity contribution in [3.63, 3.8) is 0 Å². The third-order valence-corrected chi connectivity index (χ3v) is 5.29. The Morgan fingerprint density at radius 1 is 1.26 bits per heavy atom. The maximum atomic E-state index is 13.2. The van der Waals surface area contributed by atoms with E-state index in [1.807, 2.05) is 27.8 Å². The van der Waals surface area contributed by atoms with Crippen molar-refractivity contribution in [2.75, 3.05) is 11.4 Å². The van der Waals surface area contributed by atoms with Gasteiger partial charge in [-0.3, -0.25) is 9.48 Å². The fourth-order valence-corrected chi connectivity index (χ4v) is 3.73. The lowest BCUT2D eigenvalue weighted by atomic mass is 9.92. The predicted molar refractivity (Wildman–Crippen MR) is 91.1 cm³/mol. The number of rotatable bonds is 3. The molecule has 1 aliphatic heterocycles. The van der Waals surface area contributed by atoms with Gasteiger partial charge in [0.05, 0.1) is 11.7 Å². The highest BCUT2D eigenvalue weighted by atomic mass is 16.2. The largest absolute Gasteiger partial charge is 0.306 e. The average molecular weight is 309 g/mol. The van der Waals surface area contributed by atoms with Gasteiger partial charge in [0.1, 0.15) is 5.69 Å². The molecule has 4 heteroatoms. The first kappa shape index (κ1) is 14.5. The molecule has 1 aromatic heterocycles. The van der Waals surface area contributed by atoms with E-state index in [4.69, 9.17) is 5.10 Å². The van der Waals surface area contributed by atoms with Crippen LogP contribution in [0, 0.1) is 6.92 Å². The van der Waals surface area contributed by atoms with Crippen LogP contribution in [-0.2, 0) is 12.8 Å². The molecule has 2 aromatic rings. The molecule has 1 saturated carbocycles. The van der Waals surface area contributed by atoms with Crippen molar-refractivity contribution < 1.29 is 4.79 Å². The number of hydrogen-bond donors (Lipinski definition) is 0. The molecule has 0 atom stereocenters. The highest BCUT2D eigenvalue weighted by Gasteiger charge is 2.35. The van der Waals surface area contributed by atoms with Gasteiger partial charge in [0.25, 0.3) is 5.91 Å². The molecule has 120 valence electrons. The molecule has 0 N–H and O–H groups in total. The van der Waals surface area contributed by atoms with Gasteiger partial charge in [-0.15, -0.1) is 0 Å². The highest BCUT2D eigenvalue weighted by molar-refractivity contribution is 6.07. The maximum absolute atomic E-state index is 13.2. The number of fused-ring (bicyclic) bond motifs is 1. The fraction of sp³-hybridized carbons (Fsp3) is 0.474. The summed E-state index contributed by atoms with van der Waals surface area (Å²) >= 11 is 0. The number of carbonyl (C=O) groups is 1. The summed E-state index contributed by atoms with van der Waals surface area (Å²) < 4.78 is 2.05. The molecule has 1 aliphatic carbocycles. The Morgan fingerprint density at radius 3 is 2.70 bits per heavy atom. The van der Waals surface area contributed by atoms with E-state index in [-0.39, 0.29) is 5.91 Å². The van der Waals surface area contributed by atoms with E-state index in [0.29, 0.717) is 6.04 Å². The Bertz CT molecular complexity index is 758. The molecule has 4 nitrogen and oxygen atoms in total. The zero-order valence-corrected chi connectivity index (χ0v) is 13.9. The number of aryl methyl sites for hydroxylation is 2. The molecular weight excluding hydrogens is 286 g/mol. The van der Waals surface area contributed by atoms with Gasteiger partial charge in [0.2, 0.25) is 0 Å². The van der Waals surface area contributed by atoms with E-state index >= 15 is 0 Å². The molecule has 0 bridgehead atoms. The van der Waals surface area contributed by atoms with E-state index in [0.717, 1.165) is 54.9 Å². The summed E-state index contributed by atoms with van der Waals surface area (Å²) in [6, 6.07) is 8.56. The van der Waals surface area contributed by atoms with Crippen LogP contribution < -0.4 is 4.90 Å². The van der Waals surface area contributed by atoms with Crippen molar-refractivity contribution in [2.24, 2.45) is 0 Å². The van der Waals surface area contributed by atoms with E-state index in [1.165, 1.54) is 12.0 Å². The van der Waals surface area contributed by atoms with Crippen LogP contribution in [0.15, 0.2) is 24.3 Å². The average Bonchev–Trinajstić information content (AvgIpc) is 2.86. The minimum atomic E-state index is 0.125. The van der Waals surface area contributed by atoms with Crippen molar-refractivity contribution in [1.82, 2.24) is 9.78 Å². The van der Waals surface area contributed by atoms with Crippen molar-refractivity contribution in [3.05, 3.63) is 46.8 Å². The summed E-state index contributed by atoms with van der Waals surface area (Å²) in [7, 11) is 0. The lowest BCUT2D eigenvalue weighted by Crippen LogP contribution is -2.40. The fourth-order valence-electron chi connectivity index (χ4n) is 3.73. The zero-order chi connectivity index (χ0) is 16.0. The molecular formula is C19H23N3O. The number of amides is 1. The minimum absolute atomic E-state index is 0.125. The predicted octanol–water partition coefficient (Wildman–Crippen LogP) is 3.68. The van der Waals surface area contributed by atoms with E-state index < -0.39 is 0 Å². The van der Waals surface area contributed by atoms with Gasteiger partial charge in [-0.1, -0.05) is 25.1 Å². The first-order valence-corrected chi connectivity index (χ1v) is 8.68. The van der Waals surface area contributed by atoms with Crippen molar-refractivity contribution in [2.45, 2.75) is 52.0 Å². The second kappa shape index (κ2) is 5.52. The molecule has 0 unspecified atom stereocenters. The Labute approximate surface area is 137 Å². The number of benzene rings is 1. The molecule has 23 heavy (non-hydrogen) atoms. The second-order valence-electron chi connectivity index (χ2n) is 6.65. The Balaban J connectivity index is 1.78. The molecule has 4 rings (SSSR count). The standard InChI is InChI=1S/C19H23N3O/c1-3-16-15-11-12-21(17-10-5-4-7-13(17)2)19(23)18(15)22(20-16)14-8-6-9-14/h4-5,7,10,14H,3,6,8-9,11-12H2,1-2H3. The Morgan fingerprint density at radius 2 is 2.04 bits per heavy atom. The normalized spacial score (nSPS) is 18.0. The van der Waals surface area contributed by atoms with Crippen molar-refractivity contribution in [3.8, 4) is 0 Å². The van der Waals surface area contributed by atoms with Gasteiger partial charge >= 0.3 is 0 Å². The number of nitrogens with zero attached hydrogens (tertiary/aromatic N) is 3. The number of anilines is 1. The van der Waals surface area contributed by atoms with E-state index in [1.54, 1.807) is 0 Å². The SMILES string of the molecule is CCc1nn(C2CCC2)c2c1CCN(c1ccccc1C)C2=O. The van der Waals surface area contributed by atoms with Crippen LogP contribution in [-0.4, -0.2) is 22.2 Å². The summed E-state index contributed by atoms with van der Waals surface area (Å²) in [6.45, 7) is 4.95. The maximum Gasteiger partial charge on any atom is 0.276 e. The lowest BCUT2D eigenvalue weighted by molar-refractivity contribution is 0.0962. The number of aromatic nitrogens is 2. The van der Waals surface area contributed by atoms with Gasteiger partial charge in [-0.2, -0.15) is 5.10 Å². The van der Waals surface area contributed by atoms with Gasteiger partial charge in [-0.05, 0) is 50.7 Å². The van der Waals surface area contributed by atoms with Crippen molar-refractivity contribution >= 4 is 11.6 Å². The summed E-state index contributed by atoms with van der Waals surface area (Å²) in [4.78, 5) is 15.2. The molecule has 1 fully saturated rings. The van der Waals surface area contributed by atoms with Crippen LogP contribution >= 0.6 is 0 Å².